The Bertz CT molecular complexity index is 1330. The van der Waals surface area contributed by atoms with Crippen LogP contribution in [0.1, 0.15) is 6.92 Å². The van der Waals surface area contributed by atoms with Crippen LogP contribution in [0.5, 0.6) is 0 Å². The number of nitrogens with one attached hydrogen (secondary N) is 2. The Balaban J connectivity index is 2.01. The number of rotatable bonds is 4. The normalized spacial score (nSPS) is 22.2. The standard InChI is InChI=1S/C24H21F4N7O/c1-15-5-3-10-32-33-13-16(25)11-17(14-31-15)34-23(36)19(12-29)22(24(26,27)28)35-21-8-2-7-20-18(21)6-4-9-30-20/h2-15,33H,29H2,1H3,(H,34,36)/b5-3-,16-13-,17-11+,19-12?,31-14?,32-10-,35-22?. The van der Waals surface area contributed by atoms with Crippen molar-refractivity contribution in [2.24, 2.45) is 20.8 Å². The summed E-state index contributed by atoms with van der Waals surface area (Å²) in [4.78, 5) is 24.8. The molecule has 186 valence electrons. The SMILES string of the molecule is CC1/C=C\C=N/N/C=C(F)/C=C(/NC(=O)C(=CN)C(=Nc2cccc3ncccc23)C(F)(F)F)C=N1. The molecule has 0 spiro atoms. The summed E-state index contributed by atoms with van der Waals surface area (Å²) in [5.74, 6) is -2.14. The average molecular weight is 499 g/mol. The number of alkyl halides is 3. The van der Waals surface area contributed by atoms with Gasteiger partial charge in [-0.05, 0) is 37.3 Å². The fourth-order valence-corrected chi connectivity index (χ4v) is 2.98. The predicted octanol–water partition coefficient (Wildman–Crippen LogP) is 4.13. The average Bonchev–Trinajstić information content (AvgIpc) is 2.83. The van der Waals surface area contributed by atoms with Crippen LogP contribution in [0.2, 0.25) is 0 Å². The monoisotopic (exact) mass is 499 g/mol. The van der Waals surface area contributed by atoms with Crippen LogP contribution in [0.15, 0.2) is 99.3 Å². The molecule has 12 heteroatoms. The number of carbonyl (C=O) groups excluding carboxylic acids is 1. The van der Waals surface area contributed by atoms with Crippen molar-refractivity contribution in [3.05, 3.63) is 84.3 Å². The van der Waals surface area contributed by atoms with Gasteiger partial charge in [0.25, 0.3) is 5.91 Å². The number of allylic oxidation sites excluding steroid dienone is 4. The summed E-state index contributed by atoms with van der Waals surface area (Å²) in [5, 5.41) is 6.26. The molecule has 0 aliphatic carbocycles. The van der Waals surface area contributed by atoms with Gasteiger partial charge in [0.05, 0.1) is 34.7 Å². The number of halogens is 4. The number of nitrogens with zero attached hydrogens (tertiary/aromatic N) is 4. The van der Waals surface area contributed by atoms with Gasteiger partial charge < -0.3 is 11.1 Å². The molecule has 0 saturated heterocycles. The third-order valence-electron chi connectivity index (χ3n) is 4.62. The van der Waals surface area contributed by atoms with Crippen molar-refractivity contribution in [3.63, 3.8) is 0 Å². The van der Waals surface area contributed by atoms with Crippen LogP contribution in [0, 0.1) is 0 Å². The quantitative estimate of drug-likeness (QED) is 0.333. The molecular formula is C24H21F4N7O. The zero-order chi connectivity index (χ0) is 26.1. The second-order valence-corrected chi connectivity index (χ2v) is 7.28. The van der Waals surface area contributed by atoms with Crippen LogP contribution in [-0.2, 0) is 4.79 Å². The van der Waals surface area contributed by atoms with Gasteiger partial charge in [0, 0.05) is 36.3 Å². The molecule has 36 heavy (non-hydrogen) atoms. The minimum Gasteiger partial charge on any atom is -0.404 e. The number of carbonyl (C=O) groups is 1. The molecule has 1 atom stereocenters. The van der Waals surface area contributed by atoms with Gasteiger partial charge in [0.2, 0.25) is 0 Å². The Kier molecular flexibility index (Phi) is 8.44. The first-order chi connectivity index (χ1) is 17.2. The maximum atomic E-state index is 14.2. The predicted molar refractivity (Wildman–Crippen MR) is 131 cm³/mol. The topological polar surface area (TPSA) is 117 Å². The summed E-state index contributed by atoms with van der Waals surface area (Å²) in [6, 6.07) is 7.16. The summed E-state index contributed by atoms with van der Waals surface area (Å²) in [7, 11) is 0. The molecule has 1 aromatic heterocycles. The first-order valence-electron chi connectivity index (χ1n) is 10.5. The summed E-state index contributed by atoms with van der Waals surface area (Å²) in [5.41, 5.74) is 5.40. The van der Waals surface area contributed by atoms with Crippen LogP contribution in [0.3, 0.4) is 0 Å². The minimum atomic E-state index is -5.05. The van der Waals surface area contributed by atoms with Crippen molar-refractivity contribution in [1.82, 2.24) is 15.7 Å². The van der Waals surface area contributed by atoms with Crippen molar-refractivity contribution < 1.29 is 22.4 Å². The molecule has 1 aromatic carbocycles. The number of amides is 1. The number of hydrogen-bond acceptors (Lipinski definition) is 7. The molecule has 0 saturated carbocycles. The van der Waals surface area contributed by atoms with Gasteiger partial charge in [-0.15, -0.1) is 0 Å². The summed E-state index contributed by atoms with van der Waals surface area (Å²) in [6.07, 6.45) is 4.39. The molecular weight excluding hydrogens is 478 g/mol. The highest BCUT2D eigenvalue weighted by atomic mass is 19.4. The summed E-state index contributed by atoms with van der Waals surface area (Å²) >= 11 is 0. The fraction of sp³-hybridized carbons (Fsp3) is 0.125. The number of hydrogen-bond donors (Lipinski definition) is 3. The minimum absolute atomic E-state index is 0.0620. The highest BCUT2D eigenvalue weighted by molar-refractivity contribution is 6.25. The van der Waals surface area contributed by atoms with Crippen molar-refractivity contribution in [2.75, 3.05) is 0 Å². The lowest BCUT2D eigenvalue weighted by Crippen LogP contribution is -2.35. The van der Waals surface area contributed by atoms with Gasteiger partial charge in [-0.3, -0.25) is 20.2 Å². The van der Waals surface area contributed by atoms with Crippen LogP contribution in [0.25, 0.3) is 10.9 Å². The second kappa shape index (κ2) is 11.7. The first kappa shape index (κ1) is 26.0. The van der Waals surface area contributed by atoms with Gasteiger partial charge in [0.1, 0.15) is 5.83 Å². The van der Waals surface area contributed by atoms with E-state index in [2.05, 4.69) is 30.8 Å². The van der Waals surface area contributed by atoms with E-state index in [1.807, 2.05) is 0 Å². The summed E-state index contributed by atoms with van der Waals surface area (Å²) in [6.45, 7) is 1.70. The van der Waals surface area contributed by atoms with E-state index in [9.17, 15) is 22.4 Å². The molecule has 8 nitrogen and oxygen atoms in total. The van der Waals surface area contributed by atoms with Crippen LogP contribution in [-0.4, -0.2) is 41.3 Å². The van der Waals surface area contributed by atoms with E-state index >= 15 is 0 Å². The highest BCUT2D eigenvalue weighted by Crippen LogP contribution is 2.30. The lowest BCUT2D eigenvalue weighted by molar-refractivity contribution is -0.116. The van der Waals surface area contributed by atoms with Gasteiger partial charge in [0.15, 0.2) is 5.71 Å². The summed E-state index contributed by atoms with van der Waals surface area (Å²) < 4.78 is 56.3. The van der Waals surface area contributed by atoms with Gasteiger partial charge in [-0.2, -0.15) is 18.3 Å². The smallest absolute Gasteiger partial charge is 0.404 e. The zero-order valence-corrected chi connectivity index (χ0v) is 18.9. The first-order valence-corrected chi connectivity index (χ1v) is 10.5. The highest BCUT2D eigenvalue weighted by Gasteiger charge is 2.40. The van der Waals surface area contributed by atoms with Gasteiger partial charge in [-0.1, -0.05) is 12.1 Å². The molecule has 2 aromatic rings. The number of fused-ring (bicyclic) bond motifs is 1. The van der Waals surface area contributed by atoms with Crippen LogP contribution >= 0.6 is 0 Å². The molecule has 1 aliphatic heterocycles. The van der Waals surface area contributed by atoms with E-state index in [0.717, 1.165) is 18.5 Å². The molecule has 0 fully saturated rings. The maximum absolute atomic E-state index is 14.2. The molecule has 1 unspecified atom stereocenters. The van der Waals surface area contributed by atoms with Crippen molar-refractivity contribution in [2.45, 2.75) is 19.1 Å². The Morgan fingerprint density at radius 2 is 2.06 bits per heavy atom. The van der Waals surface area contributed by atoms with Crippen LogP contribution < -0.4 is 16.5 Å². The van der Waals surface area contributed by atoms with E-state index in [4.69, 9.17) is 5.73 Å². The Morgan fingerprint density at radius 3 is 2.81 bits per heavy atom. The molecule has 3 rings (SSSR count). The number of benzene rings is 1. The third-order valence-corrected chi connectivity index (χ3v) is 4.62. The van der Waals surface area contributed by atoms with Crippen LogP contribution in [0.4, 0.5) is 23.2 Å². The lowest BCUT2D eigenvalue weighted by atomic mass is 10.1. The van der Waals surface area contributed by atoms with E-state index in [-0.39, 0.29) is 11.4 Å². The second-order valence-electron chi connectivity index (χ2n) is 7.28. The van der Waals surface area contributed by atoms with Crippen molar-refractivity contribution in [3.8, 4) is 0 Å². The molecule has 0 radical (unpaired) electrons. The number of pyridine rings is 1. The van der Waals surface area contributed by atoms with Gasteiger partial charge >= 0.3 is 6.18 Å². The van der Waals surface area contributed by atoms with Gasteiger partial charge in [-0.25, -0.2) is 9.38 Å². The van der Waals surface area contributed by atoms with E-state index in [1.165, 1.54) is 24.5 Å². The number of nitrogens with two attached hydrogens (primary N) is 1. The molecule has 4 N–H and O–H groups in total. The molecule has 1 amide bonds. The number of aromatic nitrogens is 1. The maximum Gasteiger partial charge on any atom is 0.434 e. The van der Waals surface area contributed by atoms with Crippen molar-refractivity contribution >= 4 is 40.6 Å². The Labute approximate surface area is 203 Å². The number of hydrazone groups is 1. The van der Waals surface area contributed by atoms with E-state index < -0.39 is 35.2 Å². The lowest BCUT2D eigenvalue weighted by Gasteiger charge is -2.15. The van der Waals surface area contributed by atoms with E-state index in [0.29, 0.717) is 17.1 Å². The Hall–Kier alpha value is -4.61. The largest absolute Gasteiger partial charge is 0.434 e. The fourth-order valence-electron chi connectivity index (χ4n) is 2.98. The number of aliphatic imine (C=N–C) groups is 2. The third kappa shape index (κ3) is 6.95. The molecule has 1 aliphatic rings. The van der Waals surface area contributed by atoms with Crippen molar-refractivity contribution in [1.29, 1.82) is 0 Å². The zero-order valence-electron chi connectivity index (χ0n) is 18.9. The molecule has 0 bridgehead atoms. The van der Waals surface area contributed by atoms with E-state index in [1.54, 1.807) is 37.3 Å². The Morgan fingerprint density at radius 1 is 1.25 bits per heavy atom. The molecule has 2 heterocycles.